The zero-order chi connectivity index (χ0) is 13.1. The van der Waals surface area contributed by atoms with Crippen LogP contribution in [-0.4, -0.2) is 15.2 Å². The standard InChI is InChI=1S/C16H11N3/c1-12-11-17-19-16(18-12)10-9-14-7-4-6-13-5-2-3-8-15(13)14/h2-8,11H,1H3. The van der Waals surface area contributed by atoms with Crippen molar-refractivity contribution in [2.24, 2.45) is 0 Å². The van der Waals surface area contributed by atoms with Crippen molar-refractivity contribution in [3.63, 3.8) is 0 Å². The van der Waals surface area contributed by atoms with Gasteiger partial charge in [-0.05, 0) is 29.7 Å². The van der Waals surface area contributed by atoms with Gasteiger partial charge < -0.3 is 0 Å². The molecule has 0 saturated heterocycles. The first-order valence-corrected chi connectivity index (χ1v) is 5.99. The Morgan fingerprint density at radius 3 is 2.68 bits per heavy atom. The van der Waals surface area contributed by atoms with Gasteiger partial charge in [-0.25, -0.2) is 4.98 Å². The molecule has 0 unspecified atom stereocenters. The highest BCUT2D eigenvalue weighted by Gasteiger charge is 1.97. The lowest BCUT2D eigenvalue weighted by Gasteiger charge is -1.99. The van der Waals surface area contributed by atoms with Crippen LogP contribution in [0.1, 0.15) is 17.1 Å². The molecule has 3 heteroatoms. The Labute approximate surface area is 111 Å². The van der Waals surface area contributed by atoms with E-state index in [0.717, 1.165) is 16.6 Å². The molecule has 3 rings (SSSR count). The lowest BCUT2D eigenvalue weighted by molar-refractivity contribution is 0.918. The Balaban J connectivity index is 2.07. The van der Waals surface area contributed by atoms with Crippen LogP contribution in [0.3, 0.4) is 0 Å². The van der Waals surface area contributed by atoms with Crippen LogP contribution in [0.15, 0.2) is 48.7 Å². The second kappa shape index (κ2) is 4.87. The van der Waals surface area contributed by atoms with Crippen molar-refractivity contribution in [1.29, 1.82) is 0 Å². The molecule has 0 saturated carbocycles. The van der Waals surface area contributed by atoms with E-state index in [0.29, 0.717) is 5.82 Å². The van der Waals surface area contributed by atoms with E-state index in [2.05, 4.69) is 45.2 Å². The molecule has 0 atom stereocenters. The predicted molar refractivity (Wildman–Crippen MR) is 74.5 cm³/mol. The number of nitrogens with zero attached hydrogens (tertiary/aromatic N) is 3. The van der Waals surface area contributed by atoms with Crippen LogP contribution in [0, 0.1) is 18.8 Å². The zero-order valence-electron chi connectivity index (χ0n) is 10.5. The third kappa shape index (κ3) is 2.43. The number of aryl methyl sites for hydroxylation is 1. The molecule has 0 aliphatic rings. The SMILES string of the molecule is Cc1cnnc(C#Cc2cccc3ccccc23)n1. The van der Waals surface area contributed by atoms with Crippen LogP contribution < -0.4 is 0 Å². The van der Waals surface area contributed by atoms with Gasteiger partial charge in [0, 0.05) is 5.56 Å². The third-order valence-corrected chi connectivity index (χ3v) is 2.78. The quantitative estimate of drug-likeness (QED) is 0.572. The lowest BCUT2D eigenvalue weighted by atomic mass is 10.1. The summed E-state index contributed by atoms with van der Waals surface area (Å²) in [5, 5.41) is 10.1. The Bertz CT molecular complexity index is 792. The molecule has 0 amide bonds. The minimum Gasteiger partial charge on any atom is -0.223 e. The summed E-state index contributed by atoms with van der Waals surface area (Å²) in [5.41, 5.74) is 1.79. The Morgan fingerprint density at radius 1 is 0.947 bits per heavy atom. The average Bonchev–Trinajstić information content (AvgIpc) is 2.45. The summed E-state index contributed by atoms with van der Waals surface area (Å²) in [5.74, 6) is 6.53. The van der Waals surface area contributed by atoms with Crippen molar-refractivity contribution in [3.05, 3.63) is 65.7 Å². The molecule has 0 fully saturated rings. The highest BCUT2D eigenvalue weighted by molar-refractivity contribution is 5.88. The fraction of sp³-hybridized carbons (Fsp3) is 0.0625. The van der Waals surface area contributed by atoms with E-state index in [-0.39, 0.29) is 0 Å². The fourth-order valence-electron chi connectivity index (χ4n) is 1.90. The molecule has 0 radical (unpaired) electrons. The van der Waals surface area contributed by atoms with Crippen LogP contribution in [0.25, 0.3) is 10.8 Å². The molecule has 90 valence electrons. The molecule has 0 aliphatic carbocycles. The minimum atomic E-state index is 0.452. The molecule has 0 aliphatic heterocycles. The maximum Gasteiger partial charge on any atom is 0.226 e. The molecule has 19 heavy (non-hydrogen) atoms. The molecule has 1 heterocycles. The van der Waals surface area contributed by atoms with Gasteiger partial charge in [-0.3, -0.25) is 0 Å². The fourth-order valence-corrected chi connectivity index (χ4v) is 1.90. The summed E-state index contributed by atoms with van der Waals surface area (Å²) in [7, 11) is 0. The van der Waals surface area contributed by atoms with Crippen molar-refractivity contribution >= 4 is 10.8 Å². The monoisotopic (exact) mass is 245 g/mol. The van der Waals surface area contributed by atoms with Gasteiger partial charge in [0.15, 0.2) is 0 Å². The molecule has 1 aromatic heterocycles. The van der Waals surface area contributed by atoms with Crippen molar-refractivity contribution in [2.75, 3.05) is 0 Å². The normalized spacial score (nSPS) is 9.95. The Hall–Kier alpha value is -2.73. The highest BCUT2D eigenvalue weighted by atomic mass is 15.1. The van der Waals surface area contributed by atoms with Gasteiger partial charge >= 0.3 is 0 Å². The number of rotatable bonds is 0. The Morgan fingerprint density at radius 2 is 1.79 bits per heavy atom. The summed E-state index contributed by atoms with van der Waals surface area (Å²) < 4.78 is 0. The minimum absolute atomic E-state index is 0.452. The van der Waals surface area contributed by atoms with Gasteiger partial charge in [-0.15, -0.1) is 5.10 Å². The maximum absolute atomic E-state index is 4.22. The van der Waals surface area contributed by atoms with Crippen molar-refractivity contribution in [3.8, 4) is 11.8 Å². The van der Waals surface area contributed by atoms with Crippen LogP contribution >= 0.6 is 0 Å². The van der Waals surface area contributed by atoms with Gasteiger partial charge in [0.1, 0.15) is 0 Å². The smallest absolute Gasteiger partial charge is 0.223 e. The molecule has 2 aromatic carbocycles. The molecule has 0 bridgehead atoms. The molecule has 3 aromatic rings. The Kier molecular flexibility index (Phi) is 2.91. The van der Waals surface area contributed by atoms with Crippen LogP contribution in [0.5, 0.6) is 0 Å². The van der Waals surface area contributed by atoms with E-state index in [1.807, 2.05) is 31.2 Å². The number of fused-ring (bicyclic) bond motifs is 1. The number of hydrogen-bond donors (Lipinski definition) is 0. The van der Waals surface area contributed by atoms with Crippen LogP contribution in [-0.2, 0) is 0 Å². The van der Waals surface area contributed by atoms with E-state index >= 15 is 0 Å². The van der Waals surface area contributed by atoms with Crippen molar-refractivity contribution < 1.29 is 0 Å². The molecule has 0 spiro atoms. The van der Waals surface area contributed by atoms with Crippen molar-refractivity contribution in [1.82, 2.24) is 15.2 Å². The third-order valence-electron chi connectivity index (χ3n) is 2.78. The van der Waals surface area contributed by atoms with Crippen LogP contribution in [0.4, 0.5) is 0 Å². The van der Waals surface area contributed by atoms with E-state index in [1.54, 1.807) is 6.20 Å². The van der Waals surface area contributed by atoms with E-state index in [9.17, 15) is 0 Å². The van der Waals surface area contributed by atoms with Gasteiger partial charge in [0.25, 0.3) is 0 Å². The summed E-state index contributed by atoms with van der Waals surface area (Å²) in [6.07, 6.45) is 1.61. The molecular weight excluding hydrogens is 234 g/mol. The van der Waals surface area contributed by atoms with E-state index in [1.165, 1.54) is 5.39 Å². The molecular formula is C16H11N3. The van der Waals surface area contributed by atoms with Crippen LogP contribution in [0.2, 0.25) is 0 Å². The largest absolute Gasteiger partial charge is 0.226 e. The average molecular weight is 245 g/mol. The topological polar surface area (TPSA) is 38.7 Å². The van der Waals surface area contributed by atoms with E-state index < -0.39 is 0 Å². The van der Waals surface area contributed by atoms with Gasteiger partial charge in [0.2, 0.25) is 5.82 Å². The number of hydrogen-bond acceptors (Lipinski definition) is 3. The number of aromatic nitrogens is 3. The second-order valence-electron chi connectivity index (χ2n) is 4.20. The summed E-state index contributed by atoms with van der Waals surface area (Å²) in [4.78, 5) is 4.22. The maximum atomic E-state index is 4.22. The van der Waals surface area contributed by atoms with Gasteiger partial charge in [0.05, 0.1) is 11.9 Å². The zero-order valence-corrected chi connectivity index (χ0v) is 10.5. The predicted octanol–water partition coefficient (Wildman–Crippen LogP) is 2.73. The highest BCUT2D eigenvalue weighted by Crippen LogP contribution is 2.17. The first-order valence-electron chi connectivity index (χ1n) is 5.99. The summed E-state index contributed by atoms with van der Waals surface area (Å²) >= 11 is 0. The first kappa shape index (κ1) is 11.4. The molecule has 3 nitrogen and oxygen atoms in total. The summed E-state index contributed by atoms with van der Waals surface area (Å²) in [6, 6.07) is 14.2. The van der Waals surface area contributed by atoms with Crippen molar-refractivity contribution in [2.45, 2.75) is 6.92 Å². The first-order chi connectivity index (χ1) is 9.33. The number of benzene rings is 2. The van der Waals surface area contributed by atoms with Gasteiger partial charge in [-0.1, -0.05) is 42.3 Å². The van der Waals surface area contributed by atoms with Gasteiger partial charge in [-0.2, -0.15) is 5.10 Å². The van der Waals surface area contributed by atoms with E-state index in [4.69, 9.17) is 0 Å². The second-order valence-corrected chi connectivity index (χ2v) is 4.20. The molecule has 0 N–H and O–H groups in total. The summed E-state index contributed by atoms with van der Waals surface area (Å²) in [6.45, 7) is 1.87. The lowest BCUT2D eigenvalue weighted by Crippen LogP contribution is -1.93.